The topological polar surface area (TPSA) is 45.6 Å². The van der Waals surface area contributed by atoms with Crippen molar-refractivity contribution in [3.05, 3.63) is 71.0 Å². The zero-order valence-electron chi connectivity index (χ0n) is 17.0. The first kappa shape index (κ1) is 20.3. The SMILES string of the molecule is C/C=C\Cn1c(C(=O)N2CCN(C(=O)c3ccc(F)cc3)C(C)C2)cc2ccsc21. The monoisotopic (exact) mass is 425 g/mol. The first-order chi connectivity index (χ1) is 14.5. The molecular weight excluding hydrogens is 401 g/mol. The molecule has 1 atom stereocenters. The molecule has 30 heavy (non-hydrogen) atoms. The fraction of sp³-hybridized carbons (Fsp3) is 0.304. The van der Waals surface area contributed by atoms with Crippen LogP contribution in [-0.2, 0) is 6.54 Å². The van der Waals surface area contributed by atoms with Crippen LogP contribution in [0.2, 0.25) is 0 Å². The number of rotatable bonds is 4. The van der Waals surface area contributed by atoms with Gasteiger partial charge in [-0.25, -0.2) is 4.39 Å². The molecule has 0 N–H and O–H groups in total. The van der Waals surface area contributed by atoms with Gasteiger partial charge in [-0.05, 0) is 55.6 Å². The van der Waals surface area contributed by atoms with Crippen molar-refractivity contribution in [1.82, 2.24) is 14.4 Å². The lowest BCUT2D eigenvalue weighted by Gasteiger charge is -2.40. The van der Waals surface area contributed by atoms with Gasteiger partial charge in [0.2, 0.25) is 0 Å². The van der Waals surface area contributed by atoms with Crippen molar-refractivity contribution >= 4 is 33.4 Å². The molecule has 1 aliphatic rings. The van der Waals surface area contributed by atoms with Crippen molar-refractivity contribution in [2.75, 3.05) is 19.6 Å². The number of nitrogens with zero attached hydrogens (tertiary/aromatic N) is 3. The van der Waals surface area contributed by atoms with Gasteiger partial charge in [-0.2, -0.15) is 0 Å². The van der Waals surface area contributed by atoms with E-state index < -0.39 is 0 Å². The van der Waals surface area contributed by atoms with E-state index in [1.54, 1.807) is 16.2 Å². The van der Waals surface area contributed by atoms with E-state index in [-0.39, 0.29) is 23.7 Å². The molecule has 4 rings (SSSR count). The largest absolute Gasteiger partial charge is 0.334 e. The van der Waals surface area contributed by atoms with Crippen molar-refractivity contribution in [1.29, 1.82) is 0 Å². The molecule has 1 aliphatic heterocycles. The summed E-state index contributed by atoms with van der Waals surface area (Å²) in [6.07, 6.45) is 4.02. The number of halogens is 1. The van der Waals surface area contributed by atoms with Gasteiger partial charge in [0.05, 0.1) is 0 Å². The number of allylic oxidation sites excluding steroid dienone is 2. The molecule has 1 fully saturated rings. The number of amides is 2. The number of piperazine rings is 1. The number of carbonyl (C=O) groups is 2. The van der Waals surface area contributed by atoms with E-state index in [0.29, 0.717) is 37.4 Å². The molecule has 2 aromatic heterocycles. The molecule has 1 unspecified atom stereocenters. The molecule has 7 heteroatoms. The second-order valence-electron chi connectivity index (χ2n) is 7.50. The van der Waals surface area contributed by atoms with E-state index >= 15 is 0 Å². The van der Waals surface area contributed by atoms with Crippen LogP contribution in [0.25, 0.3) is 10.2 Å². The Balaban J connectivity index is 1.51. The van der Waals surface area contributed by atoms with Gasteiger partial charge in [-0.1, -0.05) is 12.2 Å². The van der Waals surface area contributed by atoms with Crippen molar-refractivity contribution in [2.45, 2.75) is 26.4 Å². The number of carbonyl (C=O) groups excluding carboxylic acids is 2. The highest BCUT2D eigenvalue weighted by Crippen LogP contribution is 2.27. The van der Waals surface area contributed by atoms with Crippen molar-refractivity contribution < 1.29 is 14.0 Å². The van der Waals surface area contributed by atoms with Gasteiger partial charge in [0.25, 0.3) is 11.8 Å². The van der Waals surface area contributed by atoms with Gasteiger partial charge in [-0.15, -0.1) is 11.3 Å². The van der Waals surface area contributed by atoms with Crippen LogP contribution in [0.15, 0.2) is 53.9 Å². The van der Waals surface area contributed by atoms with E-state index in [1.165, 1.54) is 24.3 Å². The fourth-order valence-corrected chi connectivity index (χ4v) is 4.82. The summed E-state index contributed by atoms with van der Waals surface area (Å²) >= 11 is 1.63. The zero-order valence-corrected chi connectivity index (χ0v) is 17.9. The average Bonchev–Trinajstić information content (AvgIpc) is 3.33. The van der Waals surface area contributed by atoms with Gasteiger partial charge < -0.3 is 14.4 Å². The van der Waals surface area contributed by atoms with Gasteiger partial charge >= 0.3 is 0 Å². The minimum absolute atomic E-state index is 0.0105. The quantitative estimate of drug-likeness (QED) is 0.582. The van der Waals surface area contributed by atoms with Gasteiger partial charge in [0.15, 0.2) is 0 Å². The van der Waals surface area contributed by atoms with Crippen LogP contribution in [0.3, 0.4) is 0 Å². The van der Waals surface area contributed by atoms with E-state index in [2.05, 4.69) is 4.57 Å². The van der Waals surface area contributed by atoms with E-state index in [4.69, 9.17) is 0 Å². The maximum atomic E-state index is 13.3. The second-order valence-corrected chi connectivity index (χ2v) is 8.39. The van der Waals surface area contributed by atoms with Crippen LogP contribution < -0.4 is 0 Å². The third-order valence-corrected chi connectivity index (χ3v) is 6.46. The predicted octanol–water partition coefficient (Wildman–Crippen LogP) is 4.40. The Morgan fingerprint density at radius 2 is 1.93 bits per heavy atom. The Kier molecular flexibility index (Phi) is 5.72. The first-order valence-electron chi connectivity index (χ1n) is 10.0. The molecule has 0 saturated carbocycles. The van der Waals surface area contributed by atoms with E-state index in [9.17, 15) is 14.0 Å². The maximum absolute atomic E-state index is 13.3. The predicted molar refractivity (Wildman–Crippen MR) is 117 cm³/mol. The van der Waals surface area contributed by atoms with Gasteiger partial charge in [-0.3, -0.25) is 9.59 Å². The Bertz CT molecular complexity index is 1100. The molecule has 1 aromatic carbocycles. The molecular formula is C23H24FN3O2S. The van der Waals surface area contributed by atoms with E-state index in [0.717, 1.165) is 10.2 Å². The van der Waals surface area contributed by atoms with Crippen LogP contribution in [0.1, 0.15) is 34.7 Å². The average molecular weight is 426 g/mol. The number of fused-ring (bicyclic) bond motifs is 1. The molecule has 156 valence electrons. The summed E-state index contributed by atoms with van der Waals surface area (Å²) in [4.78, 5) is 30.8. The second kappa shape index (κ2) is 8.44. The summed E-state index contributed by atoms with van der Waals surface area (Å²) in [6.45, 7) is 5.95. The highest BCUT2D eigenvalue weighted by Gasteiger charge is 2.32. The summed E-state index contributed by atoms with van der Waals surface area (Å²) < 4.78 is 15.2. The summed E-state index contributed by atoms with van der Waals surface area (Å²) in [6, 6.07) is 9.46. The summed E-state index contributed by atoms with van der Waals surface area (Å²) in [7, 11) is 0. The lowest BCUT2D eigenvalue weighted by atomic mass is 10.1. The first-order valence-corrected chi connectivity index (χ1v) is 10.9. The van der Waals surface area contributed by atoms with Crippen molar-refractivity contribution in [2.24, 2.45) is 0 Å². The summed E-state index contributed by atoms with van der Waals surface area (Å²) in [5.74, 6) is -0.508. The molecule has 5 nitrogen and oxygen atoms in total. The molecule has 0 radical (unpaired) electrons. The smallest absolute Gasteiger partial charge is 0.270 e. The van der Waals surface area contributed by atoms with Crippen LogP contribution >= 0.6 is 11.3 Å². The third-order valence-electron chi connectivity index (χ3n) is 5.51. The maximum Gasteiger partial charge on any atom is 0.270 e. The summed E-state index contributed by atoms with van der Waals surface area (Å²) in [5, 5.41) is 3.11. The number of hydrogen-bond acceptors (Lipinski definition) is 3. The minimum atomic E-state index is -0.365. The molecule has 1 saturated heterocycles. The van der Waals surface area contributed by atoms with Crippen LogP contribution in [0, 0.1) is 5.82 Å². The zero-order chi connectivity index (χ0) is 21.3. The van der Waals surface area contributed by atoms with Crippen molar-refractivity contribution in [3.8, 4) is 0 Å². The Morgan fingerprint density at radius 3 is 2.63 bits per heavy atom. The molecule has 2 amide bonds. The lowest BCUT2D eigenvalue weighted by molar-refractivity contribution is 0.0409. The molecule has 0 bridgehead atoms. The van der Waals surface area contributed by atoms with Crippen LogP contribution in [0.5, 0.6) is 0 Å². The highest BCUT2D eigenvalue weighted by molar-refractivity contribution is 7.16. The van der Waals surface area contributed by atoms with Crippen LogP contribution in [-0.4, -0.2) is 51.9 Å². The van der Waals surface area contributed by atoms with Gasteiger partial charge in [0.1, 0.15) is 16.3 Å². The highest BCUT2D eigenvalue weighted by atomic mass is 32.1. The minimum Gasteiger partial charge on any atom is -0.334 e. The Hall–Kier alpha value is -2.93. The van der Waals surface area contributed by atoms with Crippen molar-refractivity contribution in [3.63, 3.8) is 0 Å². The summed E-state index contributed by atoms with van der Waals surface area (Å²) in [5.41, 5.74) is 1.14. The normalized spacial score (nSPS) is 17.2. The van der Waals surface area contributed by atoms with Crippen LogP contribution in [0.4, 0.5) is 4.39 Å². The Labute approximate surface area is 179 Å². The number of aromatic nitrogens is 1. The number of hydrogen-bond donors (Lipinski definition) is 0. The molecule has 0 aliphatic carbocycles. The lowest BCUT2D eigenvalue weighted by Crippen LogP contribution is -2.55. The molecule has 0 spiro atoms. The molecule has 3 aromatic rings. The Morgan fingerprint density at radius 1 is 1.17 bits per heavy atom. The molecule has 3 heterocycles. The third kappa shape index (κ3) is 3.77. The van der Waals surface area contributed by atoms with E-state index in [1.807, 2.05) is 48.4 Å². The van der Waals surface area contributed by atoms with Gasteiger partial charge in [0, 0.05) is 43.2 Å². The number of thiophene rings is 1. The number of benzene rings is 1. The fourth-order valence-electron chi connectivity index (χ4n) is 3.91. The standard InChI is InChI=1S/C23H24FN3O2S/c1-3-4-10-27-20(14-18-9-13-30-23(18)27)22(29)25-11-12-26(16(2)15-25)21(28)17-5-7-19(24)8-6-17/h3-9,13-14,16H,10-12,15H2,1-2H3/b4-3-.